The minimum Gasteiger partial charge on any atom is -0.373 e. The van der Waals surface area contributed by atoms with Crippen molar-refractivity contribution < 1.29 is 9.26 Å². The zero-order chi connectivity index (χ0) is 17.8. The number of hydrogen-bond donors (Lipinski definition) is 0. The number of nitrogens with zero attached hydrogens (tertiary/aromatic N) is 3. The van der Waals surface area contributed by atoms with Crippen LogP contribution in [0.2, 0.25) is 0 Å². The highest BCUT2D eigenvalue weighted by Gasteiger charge is 2.22. The maximum atomic E-state index is 5.79. The Morgan fingerprint density at radius 3 is 2.52 bits per heavy atom. The fourth-order valence-corrected chi connectivity index (χ4v) is 3.37. The Balaban J connectivity index is 1.50. The summed E-state index contributed by atoms with van der Waals surface area (Å²) in [5.41, 5.74) is 3.25. The van der Waals surface area contributed by atoms with Crippen molar-refractivity contribution in [1.29, 1.82) is 0 Å². The van der Waals surface area contributed by atoms with E-state index in [-0.39, 0.29) is 0 Å². The Labute approximate surface area is 150 Å². The first kappa shape index (κ1) is 18.1. The second kappa shape index (κ2) is 8.13. The fourth-order valence-electron chi connectivity index (χ4n) is 3.37. The van der Waals surface area contributed by atoms with Crippen molar-refractivity contribution in [3.63, 3.8) is 0 Å². The van der Waals surface area contributed by atoms with E-state index >= 15 is 0 Å². The van der Waals surface area contributed by atoms with E-state index in [1.54, 1.807) is 0 Å². The molecule has 1 aromatic carbocycles. The van der Waals surface area contributed by atoms with Gasteiger partial charge in [0.1, 0.15) is 5.69 Å². The number of aromatic nitrogens is 1. The molecule has 0 unspecified atom stereocenters. The number of likely N-dealkylation sites (N-methyl/N-ethyl adjacent to an activating group) is 1. The number of benzene rings is 1. The number of hydrogen-bond acceptors (Lipinski definition) is 5. The summed E-state index contributed by atoms with van der Waals surface area (Å²) >= 11 is 0. The fraction of sp³-hybridized carbons (Fsp3) is 0.550. The molecule has 1 saturated heterocycles. The Morgan fingerprint density at radius 1 is 1.16 bits per heavy atom. The Hall–Kier alpha value is -1.69. The van der Waals surface area contributed by atoms with Crippen molar-refractivity contribution in [3.8, 4) is 11.3 Å². The average molecular weight is 343 g/mol. The van der Waals surface area contributed by atoms with Gasteiger partial charge in [0.15, 0.2) is 5.76 Å². The molecule has 5 heteroatoms. The quantitative estimate of drug-likeness (QED) is 0.806. The van der Waals surface area contributed by atoms with Gasteiger partial charge in [-0.3, -0.25) is 9.80 Å². The minimum atomic E-state index is 0.320. The van der Waals surface area contributed by atoms with Gasteiger partial charge < -0.3 is 9.26 Å². The lowest BCUT2D eigenvalue weighted by atomic mass is 10.1. The lowest BCUT2D eigenvalue weighted by molar-refractivity contribution is -0.0691. The molecule has 2 aromatic rings. The van der Waals surface area contributed by atoms with Crippen molar-refractivity contribution in [3.05, 3.63) is 41.7 Å². The van der Waals surface area contributed by atoms with E-state index in [9.17, 15) is 0 Å². The third kappa shape index (κ3) is 5.14. The molecule has 3 rings (SSSR count). The molecule has 1 aliphatic rings. The van der Waals surface area contributed by atoms with Crippen LogP contribution in [0.15, 0.2) is 34.9 Å². The Bertz CT molecular complexity index is 658. The number of morpholine rings is 1. The van der Waals surface area contributed by atoms with Crippen molar-refractivity contribution in [1.82, 2.24) is 15.0 Å². The van der Waals surface area contributed by atoms with Crippen molar-refractivity contribution >= 4 is 0 Å². The highest BCUT2D eigenvalue weighted by atomic mass is 16.5. The smallest absolute Gasteiger partial charge is 0.151 e. The van der Waals surface area contributed by atoms with Crippen LogP contribution in [-0.4, -0.2) is 60.4 Å². The van der Waals surface area contributed by atoms with Crippen LogP contribution in [0, 0.1) is 6.92 Å². The molecular formula is C20H29N3O2. The SMILES string of the molecule is Cc1ccc(-c2cc(CN(C)CCN3C[C@@H](C)O[C@@H](C)C3)on2)cc1. The van der Waals surface area contributed by atoms with Crippen LogP contribution in [0.3, 0.4) is 0 Å². The molecule has 1 aliphatic heterocycles. The van der Waals surface area contributed by atoms with Gasteiger partial charge in [-0.2, -0.15) is 0 Å². The standard InChI is InChI=1S/C20H29N3O2/c1-15-5-7-18(8-6-15)20-11-19(25-21-20)14-22(4)9-10-23-12-16(2)24-17(3)13-23/h5-8,11,16-17H,9-10,12-14H2,1-4H3/t16-,17+. The highest BCUT2D eigenvalue weighted by molar-refractivity contribution is 5.59. The second-order valence-electron chi connectivity index (χ2n) is 7.30. The van der Waals surface area contributed by atoms with Crippen molar-refractivity contribution in [2.75, 3.05) is 33.2 Å². The molecule has 2 heterocycles. The number of ether oxygens (including phenoxy) is 1. The summed E-state index contributed by atoms with van der Waals surface area (Å²) in [6.07, 6.45) is 0.640. The normalized spacial score (nSPS) is 21.8. The number of rotatable bonds is 6. The van der Waals surface area contributed by atoms with E-state index in [1.165, 1.54) is 5.56 Å². The maximum absolute atomic E-state index is 5.79. The first-order chi connectivity index (χ1) is 12.0. The van der Waals surface area contributed by atoms with E-state index in [0.29, 0.717) is 12.2 Å². The Kier molecular flexibility index (Phi) is 5.89. The molecule has 0 saturated carbocycles. The molecule has 1 aromatic heterocycles. The molecule has 1 fully saturated rings. The zero-order valence-electron chi connectivity index (χ0n) is 15.7. The van der Waals surface area contributed by atoms with Gasteiger partial charge in [-0.25, -0.2) is 0 Å². The zero-order valence-corrected chi connectivity index (χ0v) is 15.7. The molecule has 0 amide bonds. The molecule has 0 bridgehead atoms. The van der Waals surface area contributed by atoms with Crippen LogP contribution >= 0.6 is 0 Å². The van der Waals surface area contributed by atoms with Gasteiger partial charge in [-0.15, -0.1) is 0 Å². The summed E-state index contributed by atoms with van der Waals surface area (Å²) in [5, 5.41) is 4.21. The summed E-state index contributed by atoms with van der Waals surface area (Å²) in [6.45, 7) is 11.2. The molecule has 0 N–H and O–H groups in total. The summed E-state index contributed by atoms with van der Waals surface area (Å²) in [7, 11) is 2.13. The van der Waals surface area contributed by atoms with Gasteiger partial charge in [0.25, 0.3) is 0 Å². The minimum absolute atomic E-state index is 0.320. The summed E-state index contributed by atoms with van der Waals surface area (Å²) in [4.78, 5) is 4.76. The average Bonchev–Trinajstić information content (AvgIpc) is 3.01. The summed E-state index contributed by atoms with van der Waals surface area (Å²) in [5.74, 6) is 0.904. The van der Waals surface area contributed by atoms with Gasteiger partial charge in [-0.1, -0.05) is 35.0 Å². The molecular weight excluding hydrogens is 314 g/mol. The predicted molar refractivity (Wildman–Crippen MR) is 99.5 cm³/mol. The predicted octanol–water partition coefficient (Wildman–Crippen LogP) is 3.19. The summed E-state index contributed by atoms with van der Waals surface area (Å²) in [6, 6.07) is 10.4. The van der Waals surface area contributed by atoms with E-state index in [1.807, 2.05) is 6.07 Å². The summed E-state index contributed by atoms with van der Waals surface area (Å²) < 4.78 is 11.3. The Morgan fingerprint density at radius 2 is 1.84 bits per heavy atom. The molecule has 0 radical (unpaired) electrons. The lowest BCUT2D eigenvalue weighted by Gasteiger charge is -2.36. The van der Waals surface area contributed by atoms with Crippen LogP contribution in [0.25, 0.3) is 11.3 Å². The van der Waals surface area contributed by atoms with Gasteiger partial charge in [0, 0.05) is 37.8 Å². The van der Waals surface area contributed by atoms with Gasteiger partial charge in [0.05, 0.1) is 18.8 Å². The highest BCUT2D eigenvalue weighted by Crippen LogP contribution is 2.20. The van der Waals surface area contributed by atoms with Crippen molar-refractivity contribution in [2.24, 2.45) is 0 Å². The van der Waals surface area contributed by atoms with Crippen LogP contribution < -0.4 is 0 Å². The van der Waals surface area contributed by atoms with Gasteiger partial charge in [-0.05, 0) is 27.8 Å². The van der Waals surface area contributed by atoms with Crippen LogP contribution in [0.4, 0.5) is 0 Å². The molecule has 0 spiro atoms. The largest absolute Gasteiger partial charge is 0.373 e. The number of aryl methyl sites for hydroxylation is 1. The van der Waals surface area contributed by atoms with Gasteiger partial charge >= 0.3 is 0 Å². The third-order valence-electron chi connectivity index (χ3n) is 4.63. The van der Waals surface area contributed by atoms with Crippen LogP contribution in [-0.2, 0) is 11.3 Å². The van der Waals surface area contributed by atoms with E-state index in [0.717, 1.165) is 49.7 Å². The first-order valence-corrected chi connectivity index (χ1v) is 9.08. The molecule has 0 aliphatic carbocycles. The first-order valence-electron chi connectivity index (χ1n) is 9.08. The molecule has 25 heavy (non-hydrogen) atoms. The van der Waals surface area contributed by atoms with Crippen LogP contribution in [0.5, 0.6) is 0 Å². The van der Waals surface area contributed by atoms with E-state index in [4.69, 9.17) is 9.26 Å². The second-order valence-corrected chi connectivity index (χ2v) is 7.30. The molecule has 2 atom stereocenters. The lowest BCUT2D eigenvalue weighted by Crippen LogP contribution is -2.47. The van der Waals surface area contributed by atoms with E-state index in [2.05, 4.69) is 67.0 Å². The molecule has 136 valence electrons. The monoisotopic (exact) mass is 343 g/mol. The third-order valence-corrected chi connectivity index (χ3v) is 4.63. The van der Waals surface area contributed by atoms with Crippen molar-refractivity contribution in [2.45, 2.75) is 39.5 Å². The van der Waals surface area contributed by atoms with Crippen LogP contribution in [0.1, 0.15) is 25.2 Å². The topological polar surface area (TPSA) is 41.7 Å². The maximum Gasteiger partial charge on any atom is 0.151 e. The van der Waals surface area contributed by atoms with Gasteiger partial charge in [0.2, 0.25) is 0 Å². The molecule has 5 nitrogen and oxygen atoms in total. The van der Waals surface area contributed by atoms with E-state index < -0.39 is 0 Å².